The topological polar surface area (TPSA) is 55.2 Å². The molecule has 2 aliphatic rings. The molecule has 4 rings (SSSR count). The first-order valence-corrected chi connectivity index (χ1v) is 9.01. The van der Waals surface area contributed by atoms with E-state index in [9.17, 15) is 9.59 Å². The van der Waals surface area contributed by atoms with E-state index in [1.54, 1.807) is 22.9 Å². The molecular formula is C19H15Cl2N3O2. The van der Waals surface area contributed by atoms with Gasteiger partial charge in [-0.3, -0.25) is 19.2 Å². The Kier molecular flexibility index (Phi) is 4.42. The fraction of sp³-hybridized carbons (Fsp3) is 0.211. The molecule has 1 atom stereocenters. The lowest BCUT2D eigenvalue weighted by molar-refractivity contribution is -0.139. The number of allylic oxidation sites excluding steroid dienone is 3. The first-order valence-electron chi connectivity index (χ1n) is 8.26. The molecule has 2 heterocycles. The molecule has 1 aromatic carbocycles. The van der Waals surface area contributed by atoms with Crippen LogP contribution < -0.4 is 0 Å². The predicted molar refractivity (Wildman–Crippen MR) is 99.7 cm³/mol. The molecule has 0 radical (unpaired) electrons. The Bertz CT molecular complexity index is 961. The molecule has 1 aliphatic carbocycles. The third-order valence-corrected chi connectivity index (χ3v) is 5.36. The van der Waals surface area contributed by atoms with E-state index in [0.29, 0.717) is 35.1 Å². The van der Waals surface area contributed by atoms with Gasteiger partial charge in [-0.15, -0.1) is 0 Å². The number of fused-ring (bicyclic) bond motifs is 1. The summed E-state index contributed by atoms with van der Waals surface area (Å²) in [6.07, 6.45) is 7.90. The number of carbonyl (C=O) groups is 2. The summed E-state index contributed by atoms with van der Waals surface area (Å²) in [5.41, 5.74) is 2.20. The van der Waals surface area contributed by atoms with Crippen molar-refractivity contribution in [2.45, 2.75) is 13.0 Å². The summed E-state index contributed by atoms with van der Waals surface area (Å²) >= 11 is 12.0. The summed E-state index contributed by atoms with van der Waals surface area (Å²) in [5.74, 6) is -0.638. The summed E-state index contributed by atoms with van der Waals surface area (Å²) in [6, 6.07) is 7.19. The molecule has 1 fully saturated rings. The van der Waals surface area contributed by atoms with Gasteiger partial charge in [0.25, 0.3) is 5.91 Å². The molecule has 5 nitrogen and oxygen atoms in total. The molecule has 0 spiro atoms. The van der Waals surface area contributed by atoms with Crippen molar-refractivity contribution in [3.8, 4) is 11.3 Å². The average molecular weight is 388 g/mol. The number of carbonyl (C=O) groups excluding carboxylic acids is 2. The molecular weight excluding hydrogens is 373 g/mol. The van der Waals surface area contributed by atoms with E-state index in [1.165, 1.54) is 4.90 Å². The largest absolute Gasteiger partial charge is 0.276 e. The van der Waals surface area contributed by atoms with Crippen LogP contribution in [0.5, 0.6) is 0 Å². The second-order valence-electron chi connectivity index (χ2n) is 6.23. The molecule has 0 saturated carbocycles. The maximum absolute atomic E-state index is 12.4. The molecule has 1 saturated heterocycles. The van der Waals surface area contributed by atoms with Gasteiger partial charge < -0.3 is 0 Å². The molecule has 2 aromatic rings. The van der Waals surface area contributed by atoms with Crippen molar-refractivity contribution < 1.29 is 9.59 Å². The number of likely N-dealkylation sites (tertiary alicyclic amines) is 1. The lowest BCUT2D eigenvalue weighted by atomic mass is 9.94. The van der Waals surface area contributed by atoms with Crippen LogP contribution in [0.15, 0.2) is 54.3 Å². The number of hydrogen-bond acceptors (Lipinski definition) is 3. The average Bonchev–Trinajstić information content (AvgIpc) is 3.21. The minimum absolute atomic E-state index is 0.123. The fourth-order valence-corrected chi connectivity index (χ4v) is 3.54. The zero-order valence-corrected chi connectivity index (χ0v) is 15.2. The third kappa shape index (κ3) is 2.97. The van der Waals surface area contributed by atoms with Gasteiger partial charge >= 0.3 is 0 Å². The fourth-order valence-electron chi connectivity index (χ4n) is 3.24. The van der Waals surface area contributed by atoms with Gasteiger partial charge in [0.1, 0.15) is 0 Å². The normalized spacial score (nSPS) is 19.1. The van der Waals surface area contributed by atoms with Crippen LogP contribution >= 0.6 is 23.2 Å². The van der Waals surface area contributed by atoms with Gasteiger partial charge in [-0.1, -0.05) is 47.5 Å². The Hall–Kier alpha value is -2.37. The smallest absolute Gasteiger partial charge is 0.257 e. The van der Waals surface area contributed by atoms with Gasteiger partial charge in [-0.05, 0) is 24.6 Å². The lowest BCUT2D eigenvalue weighted by Crippen LogP contribution is -2.33. The van der Waals surface area contributed by atoms with E-state index >= 15 is 0 Å². The number of rotatable bonds is 4. The van der Waals surface area contributed by atoms with Crippen molar-refractivity contribution in [2.24, 2.45) is 5.92 Å². The van der Waals surface area contributed by atoms with Crippen LogP contribution in [0.25, 0.3) is 11.3 Å². The van der Waals surface area contributed by atoms with E-state index in [2.05, 4.69) is 5.10 Å². The molecule has 1 aromatic heterocycles. The first-order chi connectivity index (χ1) is 12.5. The minimum atomic E-state index is -0.322. The second kappa shape index (κ2) is 6.74. The van der Waals surface area contributed by atoms with Crippen molar-refractivity contribution in [2.75, 3.05) is 6.54 Å². The van der Waals surface area contributed by atoms with Gasteiger partial charge in [-0.25, -0.2) is 0 Å². The number of halogens is 2. The number of amides is 2. The Morgan fingerprint density at radius 2 is 1.96 bits per heavy atom. The molecule has 0 bridgehead atoms. The molecule has 1 unspecified atom stereocenters. The van der Waals surface area contributed by atoms with Crippen LogP contribution in [0.1, 0.15) is 6.42 Å². The Morgan fingerprint density at radius 3 is 2.73 bits per heavy atom. The van der Waals surface area contributed by atoms with Crippen molar-refractivity contribution in [3.05, 3.63) is 64.3 Å². The first kappa shape index (κ1) is 17.1. The van der Waals surface area contributed by atoms with Crippen molar-refractivity contribution in [3.63, 3.8) is 0 Å². The van der Waals surface area contributed by atoms with Crippen molar-refractivity contribution in [1.29, 1.82) is 0 Å². The van der Waals surface area contributed by atoms with Gasteiger partial charge in [0, 0.05) is 23.9 Å². The molecule has 1 aliphatic heterocycles. The summed E-state index contributed by atoms with van der Waals surface area (Å²) in [4.78, 5) is 26.2. The standard InChI is InChI=1S/C19H15Cl2N3O2/c20-15-6-5-12(11-16(15)21)17-7-8-23(22-17)9-10-24-18(25)13-3-1-2-4-14(13)19(24)26/h1-3,5-8,11,14H,4,9-10H2. The highest BCUT2D eigenvalue weighted by Gasteiger charge is 2.42. The number of hydrogen-bond donors (Lipinski definition) is 0. The van der Waals surface area contributed by atoms with Crippen LogP contribution in [0, 0.1) is 5.92 Å². The Balaban J connectivity index is 1.46. The Labute approximate surface area is 160 Å². The van der Waals surface area contributed by atoms with E-state index in [1.807, 2.05) is 30.5 Å². The van der Waals surface area contributed by atoms with Gasteiger partial charge in [-0.2, -0.15) is 5.10 Å². The number of benzene rings is 1. The maximum Gasteiger partial charge on any atom is 0.257 e. The van der Waals surface area contributed by atoms with Crippen LogP contribution in [0.2, 0.25) is 10.0 Å². The molecule has 2 amide bonds. The van der Waals surface area contributed by atoms with Crippen molar-refractivity contribution >= 4 is 35.0 Å². The summed E-state index contributed by atoms with van der Waals surface area (Å²) in [6.45, 7) is 0.736. The summed E-state index contributed by atoms with van der Waals surface area (Å²) in [5, 5.41) is 5.45. The van der Waals surface area contributed by atoms with E-state index in [0.717, 1.165) is 11.3 Å². The number of imide groups is 1. The highest BCUT2D eigenvalue weighted by atomic mass is 35.5. The molecule has 132 valence electrons. The third-order valence-electron chi connectivity index (χ3n) is 4.62. The van der Waals surface area contributed by atoms with Gasteiger partial charge in [0.05, 0.1) is 28.2 Å². The monoisotopic (exact) mass is 387 g/mol. The SMILES string of the molecule is O=C1C2=CC=CCC2C(=O)N1CCn1ccc(-c2ccc(Cl)c(Cl)c2)n1. The number of aromatic nitrogens is 2. The zero-order valence-electron chi connectivity index (χ0n) is 13.7. The molecule has 7 heteroatoms. The summed E-state index contributed by atoms with van der Waals surface area (Å²) in [7, 11) is 0. The van der Waals surface area contributed by atoms with Gasteiger partial charge in [0.15, 0.2) is 0 Å². The Morgan fingerprint density at radius 1 is 1.12 bits per heavy atom. The minimum Gasteiger partial charge on any atom is -0.276 e. The number of nitrogens with zero attached hydrogens (tertiary/aromatic N) is 3. The summed E-state index contributed by atoms with van der Waals surface area (Å²) < 4.78 is 1.72. The maximum atomic E-state index is 12.4. The van der Waals surface area contributed by atoms with Gasteiger partial charge in [0.2, 0.25) is 5.91 Å². The van der Waals surface area contributed by atoms with Crippen molar-refractivity contribution in [1.82, 2.24) is 14.7 Å². The molecule has 0 N–H and O–H groups in total. The lowest BCUT2D eigenvalue weighted by Gasteiger charge is -2.14. The second-order valence-corrected chi connectivity index (χ2v) is 7.04. The van der Waals surface area contributed by atoms with Crippen LogP contribution in [-0.2, 0) is 16.1 Å². The molecule has 26 heavy (non-hydrogen) atoms. The van der Waals surface area contributed by atoms with E-state index < -0.39 is 0 Å². The van der Waals surface area contributed by atoms with E-state index in [-0.39, 0.29) is 17.7 Å². The highest BCUT2D eigenvalue weighted by molar-refractivity contribution is 6.42. The quantitative estimate of drug-likeness (QED) is 0.751. The van der Waals surface area contributed by atoms with Crippen LogP contribution in [0.3, 0.4) is 0 Å². The zero-order chi connectivity index (χ0) is 18.3. The predicted octanol–water partition coefficient (Wildman–Crippen LogP) is 3.73. The van der Waals surface area contributed by atoms with E-state index in [4.69, 9.17) is 23.2 Å². The van der Waals surface area contributed by atoms with Crippen LogP contribution in [0.4, 0.5) is 0 Å². The highest BCUT2D eigenvalue weighted by Crippen LogP contribution is 2.31. The van der Waals surface area contributed by atoms with Crippen LogP contribution in [-0.4, -0.2) is 33.0 Å².